The Morgan fingerprint density at radius 3 is 2.52 bits per heavy atom. The van der Waals surface area contributed by atoms with E-state index in [9.17, 15) is 14.9 Å². The van der Waals surface area contributed by atoms with E-state index in [0.717, 1.165) is 5.56 Å². The van der Waals surface area contributed by atoms with Crippen molar-refractivity contribution >= 4 is 17.3 Å². The average Bonchev–Trinajstić information content (AvgIpc) is 2.46. The summed E-state index contributed by atoms with van der Waals surface area (Å²) in [5.41, 5.74) is 8.04. The second kappa shape index (κ2) is 6.04. The highest BCUT2D eigenvalue weighted by atomic mass is 16.6. The van der Waals surface area contributed by atoms with Crippen molar-refractivity contribution in [1.29, 1.82) is 0 Å². The first-order valence-electron chi connectivity index (χ1n) is 6.35. The molecule has 0 spiro atoms. The third-order valence-corrected chi connectivity index (χ3v) is 3.11. The Labute approximate surface area is 121 Å². The van der Waals surface area contributed by atoms with Gasteiger partial charge in [-0.25, -0.2) is 0 Å². The molecule has 0 aromatic heterocycles. The molecule has 0 aliphatic carbocycles. The molecule has 2 aromatic rings. The van der Waals surface area contributed by atoms with Crippen molar-refractivity contribution in [2.45, 2.75) is 13.5 Å². The summed E-state index contributed by atoms with van der Waals surface area (Å²) in [4.78, 5) is 22.4. The van der Waals surface area contributed by atoms with Crippen LogP contribution >= 0.6 is 0 Å². The van der Waals surface area contributed by atoms with E-state index in [1.807, 2.05) is 12.1 Å². The summed E-state index contributed by atoms with van der Waals surface area (Å²) in [7, 11) is 0. The van der Waals surface area contributed by atoms with Crippen molar-refractivity contribution < 1.29 is 9.72 Å². The number of carbonyl (C=O) groups excluding carboxylic acids is 1. The molecule has 108 valence electrons. The van der Waals surface area contributed by atoms with Gasteiger partial charge in [-0.15, -0.1) is 0 Å². The third-order valence-electron chi connectivity index (χ3n) is 3.11. The Hall–Kier alpha value is -2.89. The van der Waals surface area contributed by atoms with Crippen LogP contribution in [-0.4, -0.2) is 10.8 Å². The number of hydrogen-bond donors (Lipinski definition) is 2. The Balaban J connectivity index is 2.11. The molecular weight excluding hydrogens is 270 g/mol. The Morgan fingerprint density at radius 1 is 1.24 bits per heavy atom. The Morgan fingerprint density at radius 2 is 1.90 bits per heavy atom. The maximum Gasteiger partial charge on any atom is 0.270 e. The lowest BCUT2D eigenvalue weighted by Crippen LogP contribution is -2.23. The fourth-order valence-corrected chi connectivity index (χ4v) is 1.88. The van der Waals surface area contributed by atoms with Crippen molar-refractivity contribution in [2.24, 2.45) is 0 Å². The van der Waals surface area contributed by atoms with E-state index in [0.29, 0.717) is 23.4 Å². The van der Waals surface area contributed by atoms with Crippen LogP contribution in [0.25, 0.3) is 0 Å². The van der Waals surface area contributed by atoms with Crippen LogP contribution in [0.15, 0.2) is 42.5 Å². The summed E-state index contributed by atoms with van der Waals surface area (Å²) in [6.45, 7) is 2.07. The Kier molecular flexibility index (Phi) is 4.18. The van der Waals surface area contributed by atoms with Crippen molar-refractivity contribution in [3.05, 3.63) is 69.3 Å². The zero-order valence-electron chi connectivity index (χ0n) is 11.5. The van der Waals surface area contributed by atoms with Gasteiger partial charge in [0, 0.05) is 29.9 Å². The predicted molar refractivity (Wildman–Crippen MR) is 79.9 cm³/mol. The first kappa shape index (κ1) is 14.5. The summed E-state index contributed by atoms with van der Waals surface area (Å²) in [6.07, 6.45) is 0. The molecule has 2 aromatic carbocycles. The Bertz CT molecular complexity index is 681. The zero-order chi connectivity index (χ0) is 15.4. The molecule has 0 aliphatic heterocycles. The number of aryl methyl sites for hydroxylation is 1. The highest BCUT2D eigenvalue weighted by Crippen LogP contribution is 2.17. The van der Waals surface area contributed by atoms with Gasteiger partial charge < -0.3 is 11.1 Å². The molecule has 0 heterocycles. The number of nitrogens with one attached hydrogen (secondary N) is 1. The number of nitro benzene ring substituents is 1. The fourth-order valence-electron chi connectivity index (χ4n) is 1.88. The number of anilines is 1. The largest absolute Gasteiger partial charge is 0.399 e. The van der Waals surface area contributed by atoms with Gasteiger partial charge in [0.1, 0.15) is 0 Å². The maximum absolute atomic E-state index is 12.1. The number of non-ortho nitro benzene ring substituents is 1. The van der Waals surface area contributed by atoms with Crippen LogP contribution in [0.3, 0.4) is 0 Å². The summed E-state index contributed by atoms with van der Waals surface area (Å²) in [6, 6.07) is 11.4. The summed E-state index contributed by atoms with van der Waals surface area (Å²) in [5.74, 6) is -0.340. The molecule has 1 amide bonds. The first-order chi connectivity index (χ1) is 9.97. The molecule has 0 aliphatic rings. The number of carbonyl (C=O) groups is 1. The standard InChI is InChI=1S/C15H15N3O3/c1-10-2-7-13(18(20)21)8-14(10)15(19)17-9-11-3-5-12(16)6-4-11/h2-8H,9,16H2,1H3,(H,17,19). The summed E-state index contributed by atoms with van der Waals surface area (Å²) < 4.78 is 0. The number of hydrogen-bond acceptors (Lipinski definition) is 4. The summed E-state index contributed by atoms with van der Waals surface area (Å²) >= 11 is 0. The molecule has 2 rings (SSSR count). The van der Waals surface area contributed by atoms with Crippen LogP contribution in [-0.2, 0) is 6.54 Å². The van der Waals surface area contributed by atoms with Gasteiger partial charge in [0.15, 0.2) is 0 Å². The number of amides is 1. The minimum atomic E-state index is -0.518. The molecule has 0 saturated heterocycles. The average molecular weight is 285 g/mol. The molecule has 0 saturated carbocycles. The molecule has 0 bridgehead atoms. The van der Waals surface area contributed by atoms with Gasteiger partial charge in [-0.2, -0.15) is 0 Å². The number of nitro groups is 1. The zero-order valence-corrected chi connectivity index (χ0v) is 11.5. The summed E-state index contributed by atoms with van der Waals surface area (Å²) in [5, 5.41) is 13.5. The normalized spacial score (nSPS) is 10.1. The monoisotopic (exact) mass is 285 g/mol. The van der Waals surface area contributed by atoms with E-state index in [-0.39, 0.29) is 11.6 Å². The van der Waals surface area contributed by atoms with E-state index in [4.69, 9.17) is 5.73 Å². The smallest absolute Gasteiger partial charge is 0.270 e. The van der Waals surface area contributed by atoms with Crippen molar-refractivity contribution in [3.63, 3.8) is 0 Å². The van der Waals surface area contributed by atoms with Gasteiger partial charge in [0.2, 0.25) is 0 Å². The lowest BCUT2D eigenvalue weighted by Gasteiger charge is -2.08. The lowest BCUT2D eigenvalue weighted by atomic mass is 10.1. The van der Waals surface area contributed by atoms with Crippen molar-refractivity contribution in [1.82, 2.24) is 5.32 Å². The molecule has 0 atom stereocenters. The van der Waals surface area contributed by atoms with E-state index in [2.05, 4.69) is 5.32 Å². The van der Waals surface area contributed by atoms with E-state index in [1.54, 1.807) is 25.1 Å². The minimum absolute atomic E-state index is 0.0989. The van der Waals surface area contributed by atoms with Gasteiger partial charge in [-0.3, -0.25) is 14.9 Å². The maximum atomic E-state index is 12.1. The molecule has 0 unspecified atom stereocenters. The van der Waals surface area contributed by atoms with Gasteiger partial charge in [-0.05, 0) is 30.2 Å². The van der Waals surface area contributed by atoms with Crippen molar-refractivity contribution in [2.75, 3.05) is 5.73 Å². The number of benzene rings is 2. The second-order valence-corrected chi connectivity index (χ2v) is 4.68. The van der Waals surface area contributed by atoms with Gasteiger partial charge in [0.25, 0.3) is 11.6 Å². The van der Waals surface area contributed by atoms with Crippen LogP contribution in [0.1, 0.15) is 21.5 Å². The fraction of sp³-hybridized carbons (Fsp3) is 0.133. The number of nitrogen functional groups attached to an aromatic ring is 1. The molecule has 6 nitrogen and oxygen atoms in total. The molecule has 21 heavy (non-hydrogen) atoms. The molecule has 6 heteroatoms. The van der Waals surface area contributed by atoms with Crippen LogP contribution in [0.5, 0.6) is 0 Å². The highest BCUT2D eigenvalue weighted by Gasteiger charge is 2.14. The topological polar surface area (TPSA) is 98.3 Å². The lowest BCUT2D eigenvalue weighted by molar-refractivity contribution is -0.384. The molecule has 3 N–H and O–H groups in total. The van der Waals surface area contributed by atoms with E-state index >= 15 is 0 Å². The molecule has 0 radical (unpaired) electrons. The molecule has 0 fully saturated rings. The van der Waals surface area contributed by atoms with Crippen molar-refractivity contribution in [3.8, 4) is 0 Å². The SMILES string of the molecule is Cc1ccc([N+](=O)[O-])cc1C(=O)NCc1ccc(N)cc1. The highest BCUT2D eigenvalue weighted by molar-refractivity contribution is 5.96. The van der Waals surface area contributed by atoms with Gasteiger partial charge >= 0.3 is 0 Å². The quantitative estimate of drug-likeness (QED) is 0.512. The van der Waals surface area contributed by atoms with Crippen LogP contribution < -0.4 is 11.1 Å². The number of nitrogens with zero attached hydrogens (tertiary/aromatic N) is 1. The number of rotatable bonds is 4. The van der Waals surface area contributed by atoms with E-state index in [1.165, 1.54) is 12.1 Å². The minimum Gasteiger partial charge on any atom is -0.399 e. The van der Waals surface area contributed by atoms with E-state index < -0.39 is 4.92 Å². The van der Waals surface area contributed by atoms with Gasteiger partial charge in [0.05, 0.1) is 4.92 Å². The van der Waals surface area contributed by atoms with Gasteiger partial charge in [-0.1, -0.05) is 18.2 Å². The molecular formula is C15H15N3O3. The number of nitrogens with two attached hydrogens (primary N) is 1. The second-order valence-electron chi connectivity index (χ2n) is 4.68. The third kappa shape index (κ3) is 3.56. The predicted octanol–water partition coefficient (Wildman–Crippen LogP) is 2.42. The van der Waals surface area contributed by atoms with Crippen LogP contribution in [0.2, 0.25) is 0 Å². The first-order valence-corrected chi connectivity index (χ1v) is 6.35. The van der Waals surface area contributed by atoms with Crippen LogP contribution in [0, 0.1) is 17.0 Å². The van der Waals surface area contributed by atoms with Crippen LogP contribution in [0.4, 0.5) is 11.4 Å².